The first-order chi connectivity index (χ1) is 19.9. The zero-order chi connectivity index (χ0) is 29.4. The third-order valence-corrected chi connectivity index (χ3v) is 8.23. The molecule has 0 aromatic heterocycles. The number of nitrogens with one attached hydrogen (secondary N) is 1. The summed E-state index contributed by atoms with van der Waals surface area (Å²) in [7, 11) is 1.26. The van der Waals surface area contributed by atoms with Crippen LogP contribution in [-0.4, -0.2) is 72.3 Å². The first-order valence-electron chi connectivity index (χ1n) is 14.5. The predicted molar refractivity (Wildman–Crippen MR) is 152 cm³/mol. The fourth-order valence-electron chi connectivity index (χ4n) is 6.06. The van der Waals surface area contributed by atoms with Crippen molar-refractivity contribution in [3.05, 3.63) is 54.1 Å². The molecule has 1 saturated heterocycles. The summed E-state index contributed by atoms with van der Waals surface area (Å²) in [6.45, 7) is 8.57. The number of unbranched alkanes of at least 4 members (excludes halogenated alkanes) is 1. The number of carbonyl (C=O) groups excluding carboxylic acids is 4. The van der Waals surface area contributed by atoms with E-state index in [4.69, 9.17) is 14.2 Å². The minimum absolute atomic E-state index is 0.0301. The summed E-state index contributed by atoms with van der Waals surface area (Å²) >= 11 is 0. The van der Waals surface area contributed by atoms with Crippen LogP contribution in [-0.2, 0) is 36.9 Å². The van der Waals surface area contributed by atoms with E-state index in [1.54, 1.807) is 17.1 Å². The number of amides is 3. The van der Waals surface area contributed by atoms with E-state index in [0.717, 1.165) is 48.8 Å². The molecule has 2 fully saturated rings. The number of alkyl carbamates (subject to hydrolysis) is 1. The van der Waals surface area contributed by atoms with Crippen molar-refractivity contribution in [3.63, 3.8) is 0 Å². The summed E-state index contributed by atoms with van der Waals surface area (Å²) in [5.41, 5.74) is 3.04. The molecule has 0 unspecified atom stereocenters. The van der Waals surface area contributed by atoms with Gasteiger partial charge in [-0.15, -0.1) is 6.58 Å². The molecule has 3 aliphatic rings. The molecule has 1 aromatic carbocycles. The van der Waals surface area contributed by atoms with Gasteiger partial charge < -0.3 is 24.4 Å². The average molecular weight is 568 g/mol. The van der Waals surface area contributed by atoms with Crippen LogP contribution in [0, 0.1) is 5.92 Å². The molecule has 10 nitrogen and oxygen atoms in total. The Morgan fingerprint density at radius 3 is 2.61 bits per heavy atom. The number of carbonyl (C=O) groups is 4. The van der Waals surface area contributed by atoms with Gasteiger partial charge in [-0.25, -0.2) is 14.4 Å². The Balaban J connectivity index is 1.44. The normalized spacial score (nSPS) is 21.0. The topological polar surface area (TPSA) is 114 Å². The van der Waals surface area contributed by atoms with Gasteiger partial charge in [-0.3, -0.25) is 9.69 Å². The van der Waals surface area contributed by atoms with Crippen LogP contribution in [0.5, 0.6) is 0 Å². The molecule has 2 heterocycles. The molecule has 0 bridgehead atoms. The van der Waals surface area contributed by atoms with Crippen molar-refractivity contribution in [2.45, 2.75) is 82.6 Å². The maximum atomic E-state index is 14.0. The maximum Gasteiger partial charge on any atom is 0.410 e. The highest BCUT2D eigenvalue weighted by molar-refractivity contribution is 5.90. The van der Waals surface area contributed by atoms with Crippen LogP contribution in [0.15, 0.2) is 37.4 Å². The number of hydrogen-bond donors (Lipinski definition) is 1. The molecule has 2 aliphatic heterocycles. The van der Waals surface area contributed by atoms with Gasteiger partial charge in [0.15, 0.2) is 0 Å². The van der Waals surface area contributed by atoms with Gasteiger partial charge in [0, 0.05) is 13.0 Å². The lowest BCUT2D eigenvalue weighted by atomic mass is 9.83. The van der Waals surface area contributed by atoms with E-state index in [-0.39, 0.29) is 25.5 Å². The second-order valence-electron chi connectivity index (χ2n) is 10.9. The fourth-order valence-corrected chi connectivity index (χ4v) is 6.06. The third kappa shape index (κ3) is 7.28. The van der Waals surface area contributed by atoms with Gasteiger partial charge in [0.25, 0.3) is 0 Å². The maximum absolute atomic E-state index is 14.0. The van der Waals surface area contributed by atoms with Gasteiger partial charge in [0.2, 0.25) is 5.91 Å². The monoisotopic (exact) mass is 567 g/mol. The quantitative estimate of drug-likeness (QED) is 0.191. The highest BCUT2D eigenvalue weighted by Gasteiger charge is 2.46. The molecule has 4 rings (SSSR count). The Morgan fingerprint density at radius 2 is 1.90 bits per heavy atom. The van der Waals surface area contributed by atoms with Crippen molar-refractivity contribution in [2.24, 2.45) is 5.92 Å². The summed E-state index contributed by atoms with van der Waals surface area (Å²) < 4.78 is 16.1. The van der Waals surface area contributed by atoms with E-state index < -0.39 is 42.3 Å². The Labute approximate surface area is 241 Å². The number of ether oxygens (including phenoxy) is 3. The van der Waals surface area contributed by atoms with Crippen molar-refractivity contribution in [1.82, 2.24) is 15.1 Å². The van der Waals surface area contributed by atoms with E-state index in [1.165, 1.54) is 12.0 Å². The van der Waals surface area contributed by atoms with E-state index in [2.05, 4.69) is 18.5 Å². The minimum atomic E-state index is -0.926. The van der Waals surface area contributed by atoms with Crippen LogP contribution in [0.1, 0.15) is 68.1 Å². The molecule has 1 saturated carbocycles. The number of nitrogens with zero attached hydrogens (tertiary/aromatic N) is 2. The van der Waals surface area contributed by atoms with Crippen LogP contribution in [0.2, 0.25) is 0 Å². The van der Waals surface area contributed by atoms with Gasteiger partial charge in [-0.2, -0.15) is 0 Å². The van der Waals surface area contributed by atoms with Crippen LogP contribution in [0.3, 0.4) is 0 Å². The molecule has 3 atom stereocenters. The molecule has 1 aromatic rings. The van der Waals surface area contributed by atoms with Crippen molar-refractivity contribution in [3.8, 4) is 0 Å². The Bertz CT molecular complexity index is 1150. The van der Waals surface area contributed by atoms with Crippen molar-refractivity contribution < 1.29 is 33.4 Å². The van der Waals surface area contributed by atoms with Crippen LogP contribution < -0.4 is 5.32 Å². The highest BCUT2D eigenvalue weighted by Crippen LogP contribution is 2.32. The lowest BCUT2D eigenvalue weighted by Crippen LogP contribution is -2.55. The average Bonchev–Trinajstić information content (AvgIpc) is 3.62. The van der Waals surface area contributed by atoms with E-state index >= 15 is 0 Å². The molecule has 41 heavy (non-hydrogen) atoms. The molecule has 10 heteroatoms. The highest BCUT2D eigenvalue weighted by atomic mass is 16.6. The summed E-state index contributed by atoms with van der Waals surface area (Å²) in [5, 5.41) is 2.78. The third-order valence-electron chi connectivity index (χ3n) is 8.23. The lowest BCUT2D eigenvalue weighted by Gasteiger charge is -2.34. The molecule has 1 N–H and O–H groups in total. The number of likely N-dealkylation sites (tertiary alicyclic amines) is 1. The lowest BCUT2D eigenvalue weighted by molar-refractivity contribution is -0.152. The van der Waals surface area contributed by atoms with Crippen LogP contribution in [0.25, 0.3) is 6.08 Å². The number of rotatable bonds is 10. The number of fused-ring (bicyclic) bond motifs is 1. The molecular formula is C31H41N3O7. The smallest absolute Gasteiger partial charge is 0.410 e. The van der Waals surface area contributed by atoms with Gasteiger partial charge in [-0.05, 0) is 48.3 Å². The molecule has 3 amide bonds. The van der Waals surface area contributed by atoms with Gasteiger partial charge in [0.05, 0.1) is 26.8 Å². The summed E-state index contributed by atoms with van der Waals surface area (Å²) in [5.74, 6) is -1.06. The number of benzene rings is 1. The van der Waals surface area contributed by atoms with Crippen LogP contribution >= 0.6 is 0 Å². The number of allylic oxidation sites excluding steroid dienone is 1. The fraction of sp³-hybridized carbons (Fsp3) is 0.548. The van der Waals surface area contributed by atoms with Gasteiger partial charge >= 0.3 is 18.2 Å². The summed E-state index contributed by atoms with van der Waals surface area (Å²) in [6.07, 6.45) is 7.66. The van der Waals surface area contributed by atoms with E-state index in [1.807, 2.05) is 18.2 Å². The van der Waals surface area contributed by atoms with Crippen molar-refractivity contribution in [2.75, 3.05) is 20.3 Å². The number of esters is 1. The zero-order valence-corrected chi connectivity index (χ0v) is 23.8. The minimum Gasteiger partial charge on any atom is -0.467 e. The predicted octanol–water partition coefficient (Wildman–Crippen LogP) is 4.57. The molecule has 222 valence electrons. The second kappa shape index (κ2) is 14.2. The molecule has 0 radical (unpaired) electrons. The Hall–Kier alpha value is -3.82. The van der Waals surface area contributed by atoms with Gasteiger partial charge in [0.1, 0.15) is 18.2 Å². The SMILES string of the molecule is C=CCCCOC(=O)N[C@H](C(=O)N1C[C@H](OC(=O)N2Cc3cccc(C=C)c3C2)C[C@H]1C(=O)OC)C1CCCCC1. The molecule has 1 aliphatic carbocycles. The van der Waals surface area contributed by atoms with Crippen molar-refractivity contribution in [1.29, 1.82) is 0 Å². The van der Waals surface area contributed by atoms with Crippen LogP contribution in [0.4, 0.5) is 9.59 Å². The summed E-state index contributed by atoms with van der Waals surface area (Å²) in [4.78, 5) is 55.5. The Morgan fingerprint density at radius 1 is 1.12 bits per heavy atom. The number of hydrogen-bond acceptors (Lipinski definition) is 7. The first-order valence-corrected chi connectivity index (χ1v) is 14.5. The zero-order valence-electron chi connectivity index (χ0n) is 23.8. The summed E-state index contributed by atoms with van der Waals surface area (Å²) in [6, 6.07) is 4.08. The molecule has 0 spiro atoms. The first kappa shape index (κ1) is 30.1. The van der Waals surface area contributed by atoms with Crippen molar-refractivity contribution >= 4 is 30.1 Å². The number of methoxy groups -OCH3 is 1. The van der Waals surface area contributed by atoms with Gasteiger partial charge in [-0.1, -0.05) is 56.2 Å². The second-order valence-corrected chi connectivity index (χ2v) is 10.9. The van der Waals surface area contributed by atoms with E-state index in [9.17, 15) is 19.2 Å². The molecular weight excluding hydrogens is 526 g/mol. The Kier molecular flexibility index (Phi) is 10.4. The largest absolute Gasteiger partial charge is 0.467 e. The van der Waals surface area contributed by atoms with E-state index in [0.29, 0.717) is 25.9 Å². The standard InChI is InChI=1S/C31H41N3O7/c1-4-6-10-16-40-30(37)32-27(22-12-8-7-9-13-22)28(35)34-19-24(17-26(34)29(36)39-3)41-31(38)33-18-23-15-11-14-21(5-2)25(23)20-33/h4-5,11,14-15,22,24,26-27H,1-2,6-10,12-13,16-20H2,3H3,(H,32,37)/t24-,26+,27+/m1/s1.